The first-order valence-corrected chi connectivity index (χ1v) is 13.1. The highest BCUT2D eigenvalue weighted by Gasteiger charge is 2.62. The molecule has 13 nitrogen and oxygen atoms in total. The number of carbonyl (C=O) groups excluding carboxylic acids is 1. The molecule has 0 radical (unpaired) electrons. The highest BCUT2D eigenvalue weighted by atomic mass is 16.9. The molecule has 0 spiro atoms. The Balaban J connectivity index is 1.19. The van der Waals surface area contributed by atoms with E-state index in [9.17, 15) is 4.79 Å². The number of hydrogen-bond acceptors (Lipinski definition) is 13. The van der Waals surface area contributed by atoms with Crippen molar-refractivity contribution >= 4 is 6.16 Å². The second kappa shape index (κ2) is 8.93. The van der Waals surface area contributed by atoms with Crippen molar-refractivity contribution in [1.82, 2.24) is 0 Å². The Morgan fingerprint density at radius 3 is 1.29 bits per heavy atom. The van der Waals surface area contributed by atoms with Gasteiger partial charge in [0, 0.05) is 0 Å². The van der Waals surface area contributed by atoms with Crippen LogP contribution in [-0.2, 0) is 56.8 Å². The highest BCUT2D eigenvalue weighted by molar-refractivity contribution is 5.61. The van der Waals surface area contributed by atoms with Gasteiger partial charge in [0.05, 0.1) is 13.2 Å². The van der Waals surface area contributed by atoms with E-state index < -0.39 is 90.7 Å². The zero-order chi connectivity index (χ0) is 27.3. The van der Waals surface area contributed by atoms with Crippen LogP contribution < -0.4 is 0 Å². The minimum Gasteiger partial charge on any atom is -0.425 e. The van der Waals surface area contributed by atoms with Crippen LogP contribution >= 0.6 is 0 Å². The van der Waals surface area contributed by atoms with Crippen LogP contribution in [-0.4, -0.2) is 104 Å². The maximum atomic E-state index is 13.3. The molecule has 38 heavy (non-hydrogen) atoms. The fourth-order valence-electron chi connectivity index (χ4n) is 5.88. The Labute approximate surface area is 221 Å². The second-order valence-corrected chi connectivity index (χ2v) is 12.3. The monoisotopic (exact) mass is 546 g/mol. The van der Waals surface area contributed by atoms with E-state index in [4.69, 9.17) is 56.8 Å². The SMILES string of the molecule is CC1(C)O[C@H]2O[C@H]([C@H]3COC(C)(C)O3)[C@H](OC(=O)O[C@@H]3[C@H]4OC(C)(C)O[C@H]4O[C@@H]3[C@H]3COC(C)(C)O3)[C@H]2O1. The second-order valence-electron chi connectivity index (χ2n) is 12.3. The zero-order valence-electron chi connectivity index (χ0n) is 23.0. The summed E-state index contributed by atoms with van der Waals surface area (Å²) in [5, 5.41) is 0. The van der Waals surface area contributed by atoms with Crippen LogP contribution in [0.2, 0.25) is 0 Å². The van der Waals surface area contributed by atoms with Crippen molar-refractivity contribution in [2.75, 3.05) is 13.2 Å². The van der Waals surface area contributed by atoms with Crippen molar-refractivity contribution in [2.24, 2.45) is 0 Å². The van der Waals surface area contributed by atoms with E-state index in [0.29, 0.717) is 0 Å². The van der Waals surface area contributed by atoms with E-state index in [1.807, 2.05) is 0 Å². The van der Waals surface area contributed by atoms with Crippen LogP contribution in [0.1, 0.15) is 55.4 Å². The van der Waals surface area contributed by atoms with Gasteiger partial charge in [-0.1, -0.05) is 0 Å². The Bertz CT molecular complexity index is 862. The average Bonchev–Trinajstić information content (AvgIpc) is 3.57. The van der Waals surface area contributed by atoms with E-state index in [-0.39, 0.29) is 13.2 Å². The van der Waals surface area contributed by atoms with Crippen molar-refractivity contribution < 1.29 is 61.6 Å². The summed E-state index contributed by atoms with van der Waals surface area (Å²) >= 11 is 0. The third-order valence-corrected chi connectivity index (χ3v) is 7.31. The minimum atomic E-state index is -0.943. The Morgan fingerprint density at radius 1 is 0.553 bits per heavy atom. The molecular formula is C25H38O13. The predicted molar refractivity (Wildman–Crippen MR) is 122 cm³/mol. The van der Waals surface area contributed by atoms with Gasteiger partial charge in [0.15, 0.2) is 60.1 Å². The molecule has 10 atom stereocenters. The first kappa shape index (κ1) is 27.1. The molecule has 0 aliphatic carbocycles. The van der Waals surface area contributed by atoms with E-state index in [2.05, 4.69) is 0 Å². The lowest BCUT2D eigenvalue weighted by molar-refractivity contribution is -0.238. The molecule has 6 rings (SSSR count). The third kappa shape index (κ3) is 5.06. The standard InChI is InChI=1S/C25H38O13/c1-22(2)27-9-11(33-22)13-15(17-19(29-13)37-24(5,6)35-17)31-21(26)32-16-14(12-10-28-23(3,4)34-12)30-20-18(16)36-25(7,8)38-20/h11-20H,9-10H2,1-8H3/t11-,12-,13-,14-,15+,16+,17-,18-,19-,20-/m1/s1. The van der Waals surface area contributed by atoms with Gasteiger partial charge >= 0.3 is 6.16 Å². The van der Waals surface area contributed by atoms with Crippen LogP contribution in [0, 0.1) is 0 Å². The number of rotatable bonds is 4. The van der Waals surface area contributed by atoms with Crippen molar-refractivity contribution in [3.63, 3.8) is 0 Å². The minimum absolute atomic E-state index is 0.257. The molecule has 0 saturated carbocycles. The Morgan fingerprint density at radius 2 is 0.947 bits per heavy atom. The summed E-state index contributed by atoms with van der Waals surface area (Å²) in [6.45, 7) is 14.8. The van der Waals surface area contributed by atoms with Crippen LogP contribution in [0.25, 0.3) is 0 Å². The molecule has 0 bridgehead atoms. The van der Waals surface area contributed by atoms with Gasteiger partial charge in [0.2, 0.25) is 0 Å². The van der Waals surface area contributed by atoms with E-state index in [0.717, 1.165) is 0 Å². The van der Waals surface area contributed by atoms with Gasteiger partial charge in [-0.2, -0.15) is 0 Å². The summed E-state index contributed by atoms with van der Waals surface area (Å²) in [5.41, 5.74) is 0. The van der Waals surface area contributed by atoms with E-state index >= 15 is 0 Å². The number of ether oxygens (including phenoxy) is 12. The van der Waals surface area contributed by atoms with Crippen molar-refractivity contribution in [3.8, 4) is 0 Å². The van der Waals surface area contributed by atoms with Crippen LogP contribution in [0.3, 0.4) is 0 Å². The van der Waals surface area contributed by atoms with Gasteiger partial charge in [-0.25, -0.2) is 4.79 Å². The summed E-state index contributed by atoms with van der Waals surface area (Å²) in [6.07, 6.45) is -7.97. The van der Waals surface area contributed by atoms with Gasteiger partial charge in [-0.05, 0) is 55.4 Å². The first-order chi connectivity index (χ1) is 17.6. The molecule has 0 amide bonds. The molecular weight excluding hydrogens is 508 g/mol. The summed E-state index contributed by atoms with van der Waals surface area (Å²) < 4.78 is 71.3. The lowest BCUT2D eigenvalue weighted by Crippen LogP contribution is -2.48. The summed E-state index contributed by atoms with van der Waals surface area (Å²) in [4.78, 5) is 13.3. The summed E-state index contributed by atoms with van der Waals surface area (Å²) in [7, 11) is 0. The largest absolute Gasteiger partial charge is 0.509 e. The lowest BCUT2D eigenvalue weighted by Gasteiger charge is -2.30. The molecule has 0 unspecified atom stereocenters. The molecule has 0 N–H and O–H groups in total. The van der Waals surface area contributed by atoms with E-state index in [1.165, 1.54) is 0 Å². The molecule has 216 valence electrons. The average molecular weight is 547 g/mol. The van der Waals surface area contributed by atoms with E-state index in [1.54, 1.807) is 55.4 Å². The van der Waals surface area contributed by atoms with Gasteiger partial charge in [0.25, 0.3) is 0 Å². The molecule has 0 aromatic carbocycles. The fraction of sp³-hybridized carbons (Fsp3) is 0.960. The predicted octanol–water partition coefficient (Wildman–Crippen LogP) is 1.93. The summed E-state index contributed by atoms with van der Waals surface area (Å²) in [5.74, 6) is -3.43. The molecule has 13 heteroatoms. The Kier molecular flexibility index (Phi) is 6.36. The summed E-state index contributed by atoms with van der Waals surface area (Å²) in [6, 6.07) is 0. The lowest BCUT2D eigenvalue weighted by atomic mass is 10.1. The Hall–Kier alpha value is -1.13. The van der Waals surface area contributed by atoms with Crippen molar-refractivity contribution in [3.05, 3.63) is 0 Å². The molecule has 0 aromatic heterocycles. The zero-order valence-corrected chi connectivity index (χ0v) is 23.0. The third-order valence-electron chi connectivity index (χ3n) is 7.31. The topological polar surface area (TPSA) is 128 Å². The number of hydrogen-bond donors (Lipinski definition) is 0. The fourth-order valence-corrected chi connectivity index (χ4v) is 5.88. The van der Waals surface area contributed by atoms with Gasteiger partial charge in [-0.3, -0.25) is 0 Å². The maximum Gasteiger partial charge on any atom is 0.509 e. The van der Waals surface area contributed by atoms with Crippen molar-refractivity contribution in [1.29, 1.82) is 0 Å². The smallest absolute Gasteiger partial charge is 0.425 e. The molecule has 6 fully saturated rings. The van der Waals surface area contributed by atoms with Crippen LogP contribution in [0.5, 0.6) is 0 Å². The van der Waals surface area contributed by atoms with Gasteiger partial charge < -0.3 is 56.8 Å². The van der Waals surface area contributed by atoms with Crippen molar-refractivity contribution in [2.45, 2.75) is 140 Å². The molecule has 6 aliphatic rings. The van der Waals surface area contributed by atoms with Crippen LogP contribution in [0.4, 0.5) is 4.79 Å². The molecule has 0 aromatic rings. The quantitative estimate of drug-likeness (QED) is 0.477. The van der Waals surface area contributed by atoms with Gasteiger partial charge in [-0.15, -0.1) is 0 Å². The number of carbonyl (C=O) groups is 1. The van der Waals surface area contributed by atoms with Gasteiger partial charge in [0.1, 0.15) is 24.4 Å². The number of fused-ring (bicyclic) bond motifs is 2. The molecule has 6 heterocycles. The van der Waals surface area contributed by atoms with Crippen LogP contribution in [0.15, 0.2) is 0 Å². The first-order valence-electron chi connectivity index (χ1n) is 13.1. The normalized spacial score (nSPS) is 47.7. The highest BCUT2D eigenvalue weighted by Crippen LogP contribution is 2.44. The maximum absolute atomic E-state index is 13.3. The molecule has 6 saturated heterocycles. The molecule has 6 aliphatic heterocycles.